The van der Waals surface area contributed by atoms with E-state index in [-0.39, 0.29) is 13.2 Å². The Hall–Kier alpha value is -1.74. The van der Waals surface area contributed by atoms with Crippen LogP contribution in [0.1, 0.15) is 11.9 Å². The second-order valence-electron chi connectivity index (χ2n) is 4.45. The van der Waals surface area contributed by atoms with E-state index in [2.05, 4.69) is 15.5 Å². The minimum absolute atomic E-state index is 0.121. The van der Waals surface area contributed by atoms with E-state index in [1.165, 1.54) is 16.2 Å². The molecule has 1 fully saturated rings. The Balaban J connectivity index is 1.99. The van der Waals surface area contributed by atoms with E-state index in [9.17, 15) is 9.59 Å². The minimum atomic E-state index is -0.962. The Morgan fingerprint density at radius 3 is 2.85 bits per heavy atom. The highest BCUT2D eigenvalue weighted by Gasteiger charge is 2.38. The third kappa shape index (κ3) is 3.05. The number of nitrogens with one attached hydrogen (secondary N) is 1. The molecule has 2 unspecified atom stereocenters. The number of rotatable bonds is 4. The van der Waals surface area contributed by atoms with Gasteiger partial charge in [-0.2, -0.15) is 0 Å². The van der Waals surface area contributed by atoms with Crippen LogP contribution in [0.3, 0.4) is 0 Å². The lowest BCUT2D eigenvalue weighted by molar-refractivity contribution is -0.142. The Morgan fingerprint density at radius 1 is 1.50 bits per heavy atom. The van der Waals surface area contributed by atoms with Crippen LogP contribution in [0, 0.1) is 5.92 Å². The van der Waals surface area contributed by atoms with Crippen LogP contribution in [0.2, 0.25) is 0 Å². The smallest absolute Gasteiger partial charge is 0.323 e. The molecule has 20 heavy (non-hydrogen) atoms. The summed E-state index contributed by atoms with van der Waals surface area (Å²) in [6.45, 7) is 2.29. The van der Waals surface area contributed by atoms with Gasteiger partial charge in [-0.05, 0) is 6.42 Å². The first-order chi connectivity index (χ1) is 9.52. The average molecular weight is 300 g/mol. The lowest BCUT2D eigenvalue weighted by Gasteiger charge is -2.25. The quantitative estimate of drug-likeness (QED) is 0.846. The molecule has 2 amide bonds. The fourth-order valence-electron chi connectivity index (χ4n) is 1.94. The molecule has 1 aliphatic rings. The van der Waals surface area contributed by atoms with Gasteiger partial charge in [-0.15, -0.1) is 10.2 Å². The molecule has 110 valence electrons. The molecular weight excluding hydrogens is 284 g/mol. The molecule has 1 aromatic heterocycles. The Labute approximate surface area is 119 Å². The first-order valence-electron chi connectivity index (χ1n) is 6.19. The fraction of sp³-hybridized carbons (Fsp3) is 0.636. The van der Waals surface area contributed by atoms with Crippen molar-refractivity contribution in [3.8, 4) is 0 Å². The Bertz CT molecular complexity index is 506. The van der Waals surface area contributed by atoms with Crippen molar-refractivity contribution >= 4 is 28.5 Å². The van der Waals surface area contributed by atoms with Crippen LogP contribution < -0.4 is 5.32 Å². The summed E-state index contributed by atoms with van der Waals surface area (Å²) in [5.41, 5.74) is 0. The maximum atomic E-state index is 12.1. The molecule has 0 radical (unpaired) electrons. The molecule has 0 saturated carbocycles. The molecule has 2 atom stereocenters. The summed E-state index contributed by atoms with van der Waals surface area (Å²) in [5, 5.41) is 20.7. The van der Waals surface area contributed by atoms with Gasteiger partial charge in [0.05, 0.1) is 19.3 Å². The number of carboxylic acids is 1. The number of anilines is 1. The molecule has 1 saturated heterocycles. The molecule has 2 heterocycles. The van der Waals surface area contributed by atoms with Crippen molar-refractivity contribution in [3.63, 3.8) is 0 Å². The van der Waals surface area contributed by atoms with E-state index in [4.69, 9.17) is 9.84 Å². The summed E-state index contributed by atoms with van der Waals surface area (Å²) >= 11 is 1.30. The zero-order valence-corrected chi connectivity index (χ0v) is 12.0. The van der Waals surface area contributed by atoms with Gasteiger partial charge >= 0.3 is 12.0 Å². The predicted octanol–water partition coefficient (Wildman–Crippen LogP) is 0.664. The van der Waals surface area contributed by atoms with Crippen LogP contribution >= 0.6 is 11.3 Å². The number of hydrogen-bond donors (Lipinski definition) is 2. The number of carbonyl (C=O) groups excluding carboxylic acids is 1. The van der Waals surface area contributed by atoms with Crippen LogP contribution in [0.25, 0.3) is 0 Å². The van der Waals surface area contributed by atoms with Crippen LogP contribution in [0.4, 0.5) is 9.93 Å². The molecule has 2 rings (SSSR count). The lowest BCUT2D eigenvalue weighted by atomic mass is 10.0. The second kappa shape index (κ2) is 6.14. The molecule has 0 aromatic carbocycles. The highest BCUT2D eigenvalue weighted by atomic mass is 32.1. The van der Waals surface area contributed by atoms with Gasteiger partial charge in [0.25, 0.3) is 0 Å². The van der Waals surface area contributed by atoms with Gasteiger partial charge in [-0.3, -0.25) is 10.1 Å². The summed E-state index contributed by atoms with van der Waals surface area (Å²) in [7, 11) is 1.55. The molecule has 0 spiro atoms. The monoisotopic (exact) mass is 300 g/mol. The first kappa shape index (κ1) is 14.7. The zero-order chi connectivity index (χ0) is 14.7. The van der Waals surface area contributed by atoms with Gasteiger partial charge < -0.3 is 14.7 Å². The molecule has 8 nitrogen and oxygen atoms in total. The summed E-state index contributed by atoms with van der Waals surface area (Å²) in [4.78, 5) is 24.5. The number of urea groups is 1. The number of carboxylic acid groups (broad SMARTS) is 1. The number of aryl methyl sites for hydroxylation is 1. The standard InChI is InChI=1S/C11H16N4O4S/c1-3-8-13-14-10(20-8)12-11(18)15(2)7-5-19-4-6(7)9(16)17/h6-7H,3-5H2,1-2H3,(H,16,17)(H,12,14,18). The summed E-state index contributed by atoms with van der Waals surface area (Å²) < 4.78 is 5.15. The number of aromatic nitrogens is 2. The second-order valence-corrected chi connectivity index (χ2v) is 5.51. The number of amides is 2. The van der Waals surface area contributed by atoms with Crippen molar-refractivity contribution in [3.05, 3.63) is 5.01 Å². The Kier molecular flexibility index (Phi) is 4.50. The van der Waals surface area contributed by atoms with E-state index in [1.54, 1.807) is 7.05 Å². The molecule has 1 aromatic rings. The van der Waals surface area contributed by atoms with Crippen LogP contribution in [0.5, 0.6) is 0 Å². The van der Waals surface area contributed by atoms with Gasteiger partial charge in [0.2, 0.25) is 5.13 Å². The Morgan fingerprint density at radius 2 is 2.25 bits per heavy atom. The van der Waals surface area contributed by atoms with Gasteiger partial charge in [0, 0.05) is 7.05 Å². The summed E-state index contributed by atoms with van der Waals surface area (Å²) in [6.07, 6.45) is 0.751. The number of likely N-dealkylation sites (N-methyl/N-ethyl adjacent to an activating group) is 1. The van der Waals surface area contributed by atoms with E-state index >= 15 is 0 Å². The van der Waals surface area contributed by atoms with E-state index in [0.29, 0.717) is 5.13 Å². The number of hydrogen-bond acceptors (Lipinski definition) is 6. The molecular formula is C11H16N4O4S. The third-order valence-electron chi connectivity index (χ3n) is 3.17. The van der Waals surface area contributed by atoms with Crippen molar-refractivity contribution in [2.75, 3.05) is 25.6 Å². The van der Waals surface area contributed by atoms with E-state index in [0.717, 1.165) is 11.4 Å². The van der Waals surface area contributed by atoms with E-state index < -0.39 is 24.0 Å². The SMILES string of the molecule is CCc1nnc(NC(=O)N(C)C2COCC2C(=O)O)s1. The van der Waals surface area contributed by atoms with Crippen molar-refractivity contribution < 1.29 is 19.4 Å². The highest BCUT2D eigenvalue weighted by molar-refractivity contribution is 7.15. The largest absolute Gasteiger partial charge is 0.481 e. The summed E-state index contributed by atoms with van der Waals surface area (Å²) in [6, 6.07) is -0.892. The molecule has 2 N–H and O–H groups in total. The molecule has 0 aliphatic carbocycles. The lowest BCUT2D eigenvalue weighted by Crippen LogP contribution is -2.45. The normalized spacial score (nSPS) is 21.7. The van der Waals surface area contributed by atoms with Crippen molar-refractivity contribution in [2.45, 2.75) is 19.4 Å². The number of nitrogens with zero attached hydrogens (tertiary/aromatic N) is 3. The van der Waals surface area contributed by atoms with Gasteiger partial charge in [-0.1, -0.05) is 18.3 Å². The molecule has 0 bridgehead atoms. The first-order valence-corrected chi connectivity index (χ1v) is 7.01. The fourth-order valence-corrected chi connectivity index (χ4v) is 2.61. The summed E-state index contributed by atoms with van der Waals surface area (Å²) in [5.74, 6) is -1.66. The number of carbonyl (C=O) groups is 2. The van der Waals surface area contributed by atoms with Crippen LogP contribution in [0.15, 0.2) is 0 Å². The van der Waals surface area contributed by atoms with Crippen molar-refractivity contribution in [1.82, 2.24) is 15.1 Å². The van der Waals surface area contributed by atoms with Crippen LogP contribution in [-0.4, -0.2) is 58.5 Å². The van der Waals surface area contributed by atoms with Gasteiger partial charge in [0.15, 0.2) is 0 Å². The molecule has 9 heteroatoms. The third-order valence-corrected chi connectivity index (χ3v) is 4.15. The van der Waals surface area contributed by atoms with Crippen molar-refractivity contribution in [2.24, 2.45) is 5.92 Å². The zero-order valence-electron chi connectivity index (χ0n) is 11.2. The van der Waals surface area contributed by atoms with Gasteiger partial charge in [0.1, 0.15) is 10.9 Å². The minimum Gasteiger partial charge on any atom is -0.481 e. The van der Waals surface area contributed by atoms with Crippen LogP contribution in [-0.2, 0) is 16.0 Å². The maximum Gasteiger partial charge on any atom is 0.323 e. The topological polar surface area (TPSA) is 105 Å². The highest BCUT2D eigenvalue weighted by Crippen LogP contribution is 2.21. The van der Waals surface area contributed by atoms with Crippen molar-refractivity contribution in [1.29, 1.82) is 0 Å². The maximum absolute atomic E-state index is 12.1. The predicted molar refractivity (Wildman–Crippen MR) is 71.8 cm³/mol. The molecule has 1 aliphatic heterocycles. The number of ether oxygens (including phenoxy) is 1. The number of aliphatic carboxylic acids is 1. The van der Waals surface area contributed by atoms with E-state index in [1.807, 2.05) is 6.92 Å². The average Bonchev–Trinajstić information content (AvgIpc) is 3.06. The van der Waals surface area contributed by atoms with Gasteiger partial charge in [-0.25, -0.2) is 4.79 Å².